The SMILES string of the molecule is OC12CC3CC(COCc4ccccc4)(CC(C1)C3C1CCCN1)C2. The minimum Gasteiger partial charge on any atom is -0.390 e. The first-order chi connectivity index (χ1) is 12.1. The van der Waals surface area contributed by atoms with Crippen LogP contribution in [0.15, 0.2) is 30.3 Å². The molecular formula is C22H31NO2. The Bertz CT molecular complexity index is 594. The molecule has 1 aliphatic heterocycles. The van der Waals surface area contributed by atoms with Crippen LogP contribution in [-0.2, 0) is 11.3 Å². The smallest absolute Gasteiger partial charge is 0.0717 e. The van der Waals surface area contributed by atoms with E-state index in [1.165, 1.54) is 37.8 Å². The van der Waals surface area contributed by atoms with E-state index in [-0.39, 0.29) is 5.41 Å². The van der Waals surface area contributed by atoms with Crippen molar-refractivity contribution in [1.29, 1.82) is 0 Å². The minimum absolute atomic E-state index is 0.227. The van der Waals surface area contributed by atoms with E-state index in [0.29, 0.717) is 24.5 Å². The van der Waals surface area contributed by atoms with Crippen LogP contribution in [0, 0.1) is 23.2 Å². The van der Waals surface area contributed by atoms with Crippen LogP contribution in [-0.4, -0.2) is 29.9 Å². The highest BCUT2D eigenvalue weighted by atomic mass is 16.5. The topological polar surface area (TPSA) is 41.5 Å². The molecule has 1 heterocycles. The number of hydrogen-bond donors (Lipinski definition) is 2. The largest absolute Gasteiger partial charge is 0.390 e. The van der Waals surface area contributed by atoms with Crippen molar-refractivity contribution < 1.29 is 9.84 Å². The van der Waals surface area contributed by atoms with E-state index in [0.717, 1.165) is 31.8 Å². The molecule has 0 spiro atoms. The lowest BCUT2D eigenvalue weighted by molar-refractivity contribution is -0.208. The van der Waals surface area contributed by atoms with E-state index in [1.807, 2.05) is 0 Å². The lowest BCUT2D eigenvalue weighted by atomic mass is 9.44. The molecule has 4 bridgehead atoms. The average molecular weight is 341 g/mol. The van der Waals surface area contributed by atoms with Gasteiger partial charge in [0.1, 0.15) is 0 Å². The molecule has 1 aromatic carbocycles. The summed E-state index contributed by atoms with van der Waals surface area (Å²) >= 11 is 0. The lowest BCUT2D eigenvalue weighted by Gasteiger charge is -2.64. The summed E-state index contributed by atoms with van der Waals surface area (Å²) in [6, 6.07) is 11.2. The summed E-state index contributed by atoms with van der Waals surface area (Å²) in [7, 11) is 0. The van der Waals surface area contributed by atoms with Crippen molar-refractivity contribution in [3.05, 3.63) is 35.9 Å². The summed E-state index contributed by atoms with van der Waals surface area (Å²) in [4.78, 5) is 0. The van der Waals surface area contributed by atoms with Crippen LogP contribution >= 0.6 is 0 Å². The van der Waals surface area contributed by atoms with Crippen LogP contribution < -0.4 is 5.32 Å². The maximum atomic E-state index is 11.2. The van der Waals surface area contributed by atoms with Crippen molar-refractivity contribution in [3.8, 4) is 0 Å². The van der Waals surface area contributed by atoms with Crippen molar-refractivity contribution in [3.63, 3.8) is 0 Å². The number of nitrogens with one attached hydrogen (secondary N) is 1. The zero-order valence-corrected chi connectivity index (χ0v) is 15.1. The monoisotopic (exact) mass is 341 g/mol. The molecule has 4 aliphatic carbocycles. The first-order valence-corrected chi connectivity index (χ1v) is 10.2. The van der Waals surface area contributed by atoms with Crippen LogP contribution in [0.3, 0.4) is 0 Å². The molecule has 0 radical (unpaired) electrons. The second-order valence-corrected chi connectivity index (χ2v) is 9.50. The third kappa shape index (κ3) is 2.94. The van der Waals surface area contributed by atoms with Gasteiger partial charge in [0.25, 0.3) is 0 Å². The van der Waals surface area contributed by atoms with Crippen molar-refractivity contribution >= 4 is 0 Å². The van der Waals surface area contributed by atoms with Crippen molar-refractivity contribution in [2.75, 3.05) is 13.2 Å². The second kappa shape index (κ2) is 6.07. The molecule has 6 rings (SSSR count). The fraction of sp³-hybridized carbons (Fsp3) is 0.727. The van der Waals surface area contributed by atoms with E-state index < -0.39 is 5.60 Å². The minimum atomic E-state index is -0.406. The van der Waals surface area contributed by atoms with Gasteiger partial charge >= 0.3 is 0 Å². The van der Waals surface area contributed by atoms with Crippen LogP contribution in [0.5, 0.6) is 0 Å². The first kappa shape index (κ1) is 16.3. The van der Waals surface area contributed by atoms with E-state index in [2.05, 4.69) is 35.6 Å². The molecule has 1 saturated heterocycles. The van der Waals surface area contributed by atoms with Gasteiger partial charge in [-0.25, -0.2) is 0 Å². The van der Waals surface area contributed by atoms with Crippen LogP contribution in [0.4, 0.5) is 0 Å². The zero-order valence-electron chi connectivity index (χ0n) is 15.1. The third-order valence-corrected chi connectivity index (χ3v) is 7.55. The number of ether oxygens (including phenoxy) is 1. The number of aliphatic hydroxyl groups is 1. The Morgan fingerprint density at radius 3 is 2.52 bits per heavy atom. The molecule has 0 aromatic heterocycles. The molecular weight excluding hydrogens is 310 g/mol. The van der Waals surface area contributed by atoms with Gasteiger partial charge in [0.2, 0.25) is 0 Å². The quantitative estimate of drug-likeness (QED) is 0.861. The van der Waals surface area contributed by atoms with E-state index >= 15 is 0 Å². The highest BCUT2D eigenvalue weighted by Gasteiger charge is 2.61. The fourth-order valence-electron chi connectivity index (χ4n) is 7.14. The van der Waals surface area contributed by atoms with Gasteiger partial charge in [-0.1, -0.05) is 30.3 Å². The van der Waals surface area contributed by atoms with E-state index in [9.17, 15) is 5.11 Å². The molecule has 1 aromatic rings. The highest BCUT2D eigenvalue weighted by molar-refractivity contribution is 5.15. The van der Waals surface area contributed by atoms with Crippen molar-refractivity contribution in [2.24, 2.45) is 23.2 Å². The van der Waals surface area contributed by atoms with Gasteiger partial charge in [-0.2, -0.15) is 0 Å². The summed E-state index contributed by atoms with van der Waals surface area (Å²) in [5.41, 5.74) is 1.07. The molecule has 3 unspecified atom stereocenters. The molecule has 2 N–H and O–H groups in total. The Morgan fingerprint density at radius 2 is 1.84 bits per heavy atom. The van der Waals surface area contributed by atoms with Crippen molar-refractivity contribution in [2.45, 2.75) is 63.2 Å². The van der Waals surface area contributed by atoms with E-state index in [4.69, 9.17) is 4.74 Å². The fourth-order valence-corrected chi connectivity index (χ4v) is 7.14. The summed E-state index contributed by atoms with van der Waals surface area (Å²) < 4.78 is 6.18. The summed E-state index contributed by atoms with van der Waals surface area (Å²) in [6.45, 7) is 2.71. The molecule has 4 saturated carbocycles. The maximum absolute atomic E-state index is 11.2. The zero-order chi connectivity index (χ0) is 16.9. The van der Waals surface area contributed by atoms with Gasteiger partial charge in [0, 0.05) is 6.04 Å². The van der Waals surface area contributed by atoms with Gasteiger partial charge in [0.05, 0.1) is 18.8 Å². The van der Waals surface area contributed by atoms with Gasteiger partial charge in [-0.3, -0.25) is 0 Å². The van der Waals surface area contributed by atoms with Gasteiger partial charge < -0.3 is 15.2 Å². The predicted molar refractivity (Wildman–Crippen MR) is 98.1 cm³/mol. The lowest BCUT2D eigenvalue weighted by Crippen LogP contribution is -2.63. The summed E-state index contributed by atoms with van der Waals surface area (Å²) in [6.07, 6.45) is 8.24. The van der Waals surface area contributed by atoms with Crippen LogP contribution in [0.1, 0.15) is 50.5 Å². The highest BCUT2D eigenvalue weighted by Crippen LogP contribution is 2.64. The molecule has 0 amide bonds. The van der Waals surface area contributed by atoms with Crippen LogP contribution in [0.2, 0.25) is 0 Å². The maximum Gasteiger partial charge on any atom is 0.0717 e. The normalized spacial score (nSPS) is 45.2. The van der Waals surface area contributed by atoms with Gasteiger partial charge in [-0.15, -0.1) is 0 Å². The molecule has 3 atom stereocenters. The Labute approximate surface area is 151 Å². The van der Waals surface area contributed by atoms with Crippen LogP contribution in [0.25, 0.3) is 0 Å². The molecule has 5 fully saturated rings. The standard InChI is InChI=1S/C22H31NO2/c24-22-11-17-9-21(14-22,15-25-13-16-5-2-1-3-6-16)10-18(12-22)20(17)19-7-4-8-23-19/h1-3,5-6,17-20,23-24H,4,7-15H2. The Morgan fingerprint density at radius 1 is 1.08 bits per heavy atom. The molecule has 25 heavy (non-hydrogen) atoms. The molecule has 5 aliphatic rings. The second-order valence-electron chi connectivity index (χ2n) is 9.50. The summed E-state index contributed by atoms with van der Waals surface area (Å²) in [5.74, 6) is 2.19. The molecule has 136 valence electrons. The first-order valence-electron chi connectivity index (χ1n) is 10.2. The Balaban J connectivity index is 1.29. The van der Waals surface area contributed by atoms with Crippen molar-refractivity contribution in [1.82, 2.24) is 5.32 Å². The van der Waals surface area contributed by atoms with E-state index in [1.54, 1.807) is 0 Å². The number of rotatable bonds is 5. The van der Waals surface area contributed by atoms with Gasteiger partial charge in [0.15, 0.2) is 0 Å². The Kier molecular flexibility index (Phi) is 3.96. The predicted octanol–water partition coefficient (Wildman–Crippen LogP) is 3.51. The number of benzene rings is 1. The number of hydrogen-bond acceptors (Lipinski definition) is 3. The summed E-state index contributed by atoms with van der Waals surface area (Å²) in [5, 5.41) is 14.9. The molecule has 3 nitrogen and oxygen atoms in total. The Hall–Kier alpha value is -0.900. The molecule has 3 heteroatoms. The van der Waals surface area contributed by atoms with Gasteiger partial charge in [-0.05, 0) is 80.2 Å². The average Bonchev–Trinajstić information content (AvgIpc) is 3.08. The third-order valence-electron chi connectivity index (χ3n) is 7.55.